The maximum Gasteiger partial charge on any atom is 0.278 e. The van der Waals surface area contributed by atoms with Crippen molar-refractivity contribution in [3.05, 3.63) is 82.5 Å². The third-order valence-electron chi connectivity index (χ3n) is 6.64. The minimum absolute atomic E-state index is 0.0276. The number of thioether (sulfide) groups is 1. The average Bonchev–Trinajstić information content (AvgIpc) is 3.51. The Kier molecular flexibility index (Phi) is 7.02. The summed E-state index contributed by atoms with van der Waals surface area (Å²) in [6, 6.07) is 11.9. The molecule has 0 bridgehead atoms. The van der Waals surface area contributed by atoms with Crippen LogP contribution in [-0.4, -0.2) is 51.6 Å². The van der Waals surface area contributed by atoms with Gasteiger partial charge in [0.15, 0.2) is 0 Å². The first-order valence-electron chi connectivity index (χ1n) is 11.9. The zero-order chi connectivity index (χ0) is 24.4. The van der Waals surface area contributed by atoms with Crippen LogP contribution in [0.25, 0.3) is 0 Å². The second-order valence-corrected chi connectivity index (χ2v) is 10.8. The lowest BCUT2D eigenvalue weighted by Gasteiger charge is -2.31. The van der Waals surface area contributed by atoms with Crippen molar-refractivity contribution in [2.45, 2.75) is 43.2 Å². The van der Waals surface area contributed by atoms with Gasteiger partial charge in [0, 0.05) is 48.1 Å². The molecule has 0 spiro atoms. The third kappa shape index (κ3) is 4.77. The number of piperidine rings is 1. The summed E-state index contributed by atoms with van der Waals surface area (Å²) in [5.41, 5.74) is 3.37. The van der Waals surface area contributed by atoms with Gasteiger partial charge >= 0.3 is 0 Å². The van der Waals surface area contributed by atoms with Crippen LogP contribution < -0.4 is 4.90 Å². The number of pyridine rings is 1. The van der Waals surface area contributed by atoms with E-state index >= 15 is 0 Å². The summed E-state index contributed by atoms with van der Waals surface area (Å²) < 4.78 is 0. The fraction of sp³-hybridized carbons (Fsp3) is 0.333. The van der Waals surface area contributed by atoms with Crippen molar-refractivity contribution in [3.8, 4) is 0 Å². The minimum atomic E-state index is -0.0290. The second-order valence-electron chi connectivity index (χ2n) is 8.95. The lowest BCUT2D eigenvalue weighted by atomic mass is 9.97. The van der Waals surface area contributed by atoms with Gasteiger partial charge in [0.05, 0.1) is 10.6 Å². The molecule has 2 amide bonds. The van der Waals surface area contributed by atoms with Crippen molar-refractivity contribution in [3.63, 3.8) is 0 Å². The van der Waals surface area contributed by atoms with Gasteiger partial charge in [-0.2, -0.15) is 0 Å². The highest BCUT2D eigenvalue weighted by molar-refractivity contribution is 7.99. The summed E-state index contributed by atoms with van der Waals surface area (Å²) in [5.74, 6) is 0.975. The Labute approximate surface area is 214 Å². The van der Waals surface area contributed by atoms with E-state index in [4.69, 9.17) is 4.98 Å². The highest BCUT2D eigenvalue weighted by Gasteiger charge is 2.33. The third-order valence-corrected chi connectivity index (χ3v) is 8.65. The lowest BCUT2D eigenvalue weighted by Crippen LogP contribution is -2.38. The van der Waals surface area contributed by atoms with Gasteiger partial charge in [-0.3, -0.25) is 9.59 Å². The van der Waals surface area contributed by atoms with Gasteiger partial charge in [-0.15, -0.1) is 29.7 Å². The molecule has 0 saturated carbocycles. The molecule has 3 aromatic rings. The number of hydrogen-bond donors (Lipinski definition) is 0. The number of nitrogens with zero attached hydrogens (tertiary/aromatic N) is 4. The number of thiazole rings is 1. The molecule has 2 aliphatic rings. The van der Waals surface area contributed by atoms with Gasteiger partial charge in [-0.1, -0.05) is 24.3 Å². The van der Waals surface area contributed by atoms with Crippen molar-refractivity contribution < 1.29 is 9.59 Å². The average molecular weight is 505 g/mol. The van der Waals surface area contributed by atoms with Crippen molar-refractivity contribution in [2.24, 2.45) is 0 Å². The number of hydrogen-bond acceptors (Lipinski definition) is 6. The molecule has 1 atom stereocenters. The molecule has 2 aliphatic heterocycles. The standard InChI is InChI=1S/C27H28N4O2S2/c1-3-15-34-25-21(8-6-12-28-25)26(32)30-13-10-19(11-14-30)24-29-22(17-35-24)27(33)31-18(2)16-20-7-4-5-9-23(20)31/h3-9,12,17-19H,1,10-11,13-16H2,2H3. The van der Waals surface area contributed by atoms with E-state index in [0.29, 0.717) is 30.1 Å². The van der Waals surface area contributed by atoms with E-state index in [2.05, 4.69) is 24.6 Å². The molecular weight excluding hydrogens is 476 g/mol. The number of fused-ring (bicyclic) bond motifs is 1. The molecule has 6 nitrogen and oxygen atoms in total. The summed E-state index contributed by atoms with van der Waals surface area (Å²) in [6.45, 7) is 7.18. The van der Waals surface area contributed by atoms with Crippen LogP contribution in [-0.2, 0) is 6.42 Å². The first-order chi connectivity index (χ1) is 17.1. The van der Waals surface area contributed by atoms with Gasteiger partial charge < -0.3 is 9.80 Å². The Hall–Kier alpha value is -2.97. The molecule has 8 heteroatoms. The van der Waals surface area contributed by atoms with Gasteiger partial charge in [0.1, 0.15) is 10.7 Å². The SMILES string of the molecule is C=CCSc1ncccc1C(=O)N1CCC(c2nc(C(=O)N3c4ccccc4CC3C)cs2)CC1. The van der Waals surface area contributed by atoms with Gasteiger partial charge in [0.2, 0.25) is 0 Å². The highest BCUT2D eigenvalue weighted by Crippen LogP contribution is 2.35. The first-order valence-corrected chi connectivity index (χ1v) is 13.8. The summed E-state index contributed by atoms with van der Waals surface area (Å²) >= 11 is 3.09. The number of amides is 2. The zero-order valence-electron chi connectivity index (χ0n) is 19.7. The number of para-hydroxylation sites is 1. The van der Waals surface area contributed by atoms with E-state index in [1.165, 1.54) is 17.3 Å². The number of likely N-dealkylation sites (tertiary alicyclic amines) is 1. The van der Waals surface area contributed by atoms with Crippen LogP contribution in [0.5, 0.6) is 0 Å². The van der Waals surface area contributed by atoms with Crippen LogP contribution in [0.3, 0.4) is 0 Å². The van der Waals surface area contributed by atoms with Crippen LogP contribution in [0.2, 0.25) is 0 Å². The van der Waals surface area contributed by atoms with E-state index in [9.17, 15) is 9.59 Å². The number of carbonyl (C=O) groups excluding carboxylic acids is 2. The smallest absolute Gasteiger partial charge is 0.278 e. The number of anilines is 1. The van der Waals surface area contributed by atoms with Crippen molar-refractivity contribution >= 4 is 40.6 Å². The molecular formula is C27H28N4O2S2. The first kappa shape index (κ1) is 23.8. The molecule has 0 radical (unpaired) electrons. The monoisotopic (exact) mass is 504 g/mol. The quantitative estimate of drug-likeness (QED) is 0.331. The van der Waals surface area contributed by atoms with E-state index < -0.39 is 0 Å². The van der Waals surface area contributed by atoms with Crippen LogP contribution in [0.15, 0.2) is 65.7 Å². The van der Waals surface area contributed by atoms with Crippen molar-refractivity contribution in [1.29, 1.82) is 0 Å². The fourth-order valence-corrected chi connectivity index (χ4v) is 6.57. The summed E-state index contributed by atoms with van der Waals surface area (Å²) in [5, 5.41) is 3.63. The molecule has 1 unspecified atom stereocenters. The van der Waals surface area contributed by atoms with E-state index in [-0.39, 0.29) is 23.8 Å². The molecule has 1 aromatic carbocycles. The Morgan fingerprint density at radius 1 is 1.17 bits per heavy atom. The van der Waals surface area contributed by atoms with Crippen LogP contribution in [0.1, 0.15) is 57.1 Å². The largest absolute Gasteiger partial charge is 0.339 e. The molecule has 4 heterocycles. The molecule has 180 valence electrons. The summed E-state index contributed by atoms with van der Waals surface area (Å²) in [4.78, 5) is 39.5. The van der Waals surface area contributed by atoms with E-state index in [1.807, 2.05) is 51.6 Å². The van der Waals surface area contributed by atoms with Gasteiger partial charge in [-0.05, 0) is 49.9 Å². The molecule has 35 heavy (non-hydrogen) atoms. The number of aromatic nitrogens is 2. The topological polar surface area (TPSA) is 66.4 Å². The van der Waals surface area contributed by atoms with Crippen LogP contribution in [0.4, 0.5) is 5.69 Å². The molecule has 2 aromatic heterocycles. The maximum atomic E-state index is 13.3. The number of benzene rings is 1. The minimum Gasteiger partial charge on any atom is -0.339 e. The molecule has 1 saturated heterocycles. The molecule has 1 fully saturated rings. The fourth-order valence-electron chi connectivity index (χ4n) is 4.88. The lowest BCUT2D eigenvalue weighted by molar-refractivity contribution is 0.0708. The van der Waals surface area contributed by atoms with E-state index in [1.54, 1.807) is 17.5 Å². The molecule has 0 aliphatic carbocycles. The van der Waals surface area contributed by atoms with Crippen molar-refractivity contribution in [2.75, 3.05) is 23.7 Å². The summed E-state index contributed by atoms with van der Waals surface area (Å²) in [6.07, 6.45) is 6.08. The Bertz CT molecular complexity index is 1250. The number of carbonyl (C=O) groups is 2. The zero-order valence-corrected chi connectivity index (χ0v) is 21.4. The maximum absolute atomic E-state index is 13.3. The number of rotatable bonds is 6. The van der Waals surface area contributed by atoms with Crippen LogP contribution in [0, 0.1) is 0 Å². The second kappa shape index (κ2) is 10.3. The van der Waals surface area contributed by atoms with Gasteiger partial charge in [0.25, 0.3) is 11.8 Å². The predicted molar refractivity (Wildman–Crippen MR) is 142 cm³/mol. The van der Waals surface area contributed by atoms with Gasteiger partial charge in [-0.25, -0.2) is 9.97 Å². The molecule has 0 N–H and O–H groups in total. The summed E-state index contributed by atoms with van der Waals surface area (Å²) in [7, 11) is 0. The predicted octanol–water partition coefficient (Wildman–Crippen LogP) is 5.43. The highest BCUT2D eigenvalue weighted by atomic mass is 32.2. The Morgan fingerprint density at radius 2 is 1.97 bits per heavy atom. The van der Waals surface area contributed by atoms with E-state index in [0.717, 1.165) is 35.0 Å². The van der Waals surface area contributed by atoms with Crippen molar-refractivity contribution in [1.82, 2.24) is 14.9 Å². The molecule has 5 rings (SSSR count). The Morgan fingerprint density at radius 3 is 2.77 bits per heavy atom. The van der Waals surface area contributed by atoms with Crippen LogP contribution >= 0.6 is 23.1 Å². The normalized spacial score (nSPS) is 17.9. The Balaban J connectivity index is 1.24.